The highest BCUT2D eigenvalue weighted by atomic mass is 127. The minimum atomic E-state index is -1.09. The van der Waals surface area contributed by atoms with Gasteiger partial charge in [-0.3, -0.25) is 9.59 Å². The zero-order valence-electron chi connectivity index (χ0n) is 22.2. The second-order valence-corrected chi connectivity index (χ2v) is 12.4. The van der Waals surface area contributed by atoms with Crippen molar-refractivity contribution in [2.24, 2.45) is 5.92 Å². The van der Waals surface area contributed by atoms with Crippen molar-refractivity contribution in [1.29, 1.82) is 0 Å². The fourth-order valence-electron chi connectivity index (χ4n) is 5.46. The molecule has 2 aliphatic rings. The van der Waals surface area contributed by atoms with E-state index in [9.17, 15) is 19.8 Å². The highest BCUT2D eigenvalue weighted by Gasteiger charge is 2.40. The number of aliphatic hydroxyl groups excluding tert-OH is 2. The molecule has 40 heavy (non-hydrogen) atoms. The molecule has 0 aliphatic heterocycles. The Hall–Kier alpha value is -1.85. The average Bonchev–Trinajstić information content (AvgIpc) is 3.47. The van der Waals surface area contributed by atoms with E-state index in [1.54, 1.807) is 29.2 Å². The van der Waals surface area contributed by atoms with Crippen LogP contribution in [0.25, 0.3) is 0 Å². The molecule has 1 fully saturated rings. The second-order valence-electron chi connectivity index (χ2n) is 10.4. The van der Waals surface area contributed by atoms with Gasteiger partial charge in [0.15, 0.2) is 0 Å². The number of carbonyl (C=O) groups excluding carboxylic acids is 2. The molecule has 0 bridgehead atoms. The molecule has 1 saturated carbocycles. The largest absolute Gasteiger partial charge is 0.482 e. The van der Waals surface area contributed by atoms with E-state index in [2.05, 4.69) is 27.9 Å². The smallest absolute Gasteiger partial charge is 0.247 e. The molecule has 0 radical (unpaired) electrons. The Morgan fingerprint density at radius 1 is 1.10 bits per heavy atom. The molecule has 0 saturated heterocycles. The van der Waals surface area contributed by atoms with Crippen molar-refractivity contribution in [3.63, 3.8) is 0 Å². The van der Waals surface area contributed by atoms with Crippen LogP contribution in [0, 0.1) is 9.49 Å². The van der Waals surface area contributed by atoms with Crippen molar-refractivity contribution in [2.75, 3.05) is 13.2 Å². The van der Waals surface area contributed by atoms with E-state index in [1.807, 2.05) is 24.3 Å². The monoisotopic (exact) mass is 700 g/mol. The van der Waals surface area contributed by atoms with E-state index in [0.717, 1.165) is 28.4 Å². The molecule has 4 rings (SSSR count). The van der Waals surface area contributed by atoms with Crippen molar-refractivity contribution in [2.45, 2.75) is 69.7 Å². The SMILES string of the molecule is O=C(NCCO)C1=CC(Oc2ccccc2I)C(O)C(N(Cc2ccc(Cl)c(Cl)c2)C(=O)CCC2CCCC2)C1. The predicted octanol–water partition coefficient (Wildman–Crippen LogP) is 5.51. The van der Waals surface area contributed by atoms with Gasteiger partial charge in [0.25, 0.3) is 0 Å². The third-order valence-electron chi connectivity index (χ3n) is 7.61. The molecule has 10 heteroatoms. The van der Waals surface area contributed by atoms with Crippen LogP contribution in [0.4, 0.5) is 0 Å². The number of rotatable bonds is 11. The Balaban J connectivity index is 1.65. The van der Waals surface area contributed by atoms with Gasteiger partial charge in [0.2, 0.25) is 11.8 Å². The number of carbonyl (C=O) groups is 2. The maximum atomic E-state index is 13.8. The maximum absolute atomic E-state index is 13.8. The summed E-state index contributed by atoms with van der Waals surface area (Å²) in [6.45, 7) is 0.0956. The standard InChI is InChI=1S/C30H35Cl2IN2O5/c31-22-11-9-20(15-23(22)32)18-35(28(37)12-10-19-5-1-2-6-19)25-16-21(30(39)34-13-14-36)17-27(29(25)38)40-26-8-4-3-7-24(26)33/h3-4,7-9,11,15,17,19,25,27,29,36,38H,1-2,5-6,10,12-14,16,18H2,(H,34,39). The van der Waals surface area contributed by atoms with Gasteiger partial charge >= 0.3 is 0 Å². The summed E-state index contributed by atoms with van der Waals surface area (Å²) in [7, 11) is 0. The Morgan fingerprint density at radius 3 is 2.55 bits per heavy atom. The highest BCUT2D eigenvalue weighted by molar-refractivity contribution is 14.1. The number of para-hydroxylation sites is 1. The summed E-state index contributed by atoms with van der Waals surface area (Å²) in [4.78, 5) is 28.5. The quantitative estimate of drug-likeness (QED) is 0.269. The van der Waals surface area contributed by atoms with Crippen molar-refractivity contribution >= 4 is 57.6 Å². The zero-order chi connectivity index (χ0) is 28.6. The molecule has 2 aromatic carbocycles. The Kier molecular flexibility index (Phi) is 11.6. The fraction of sp³-hybridized carbons (Fsp3) is 0.467. The van der Waals surface area contributed by atoms with E-state index >= 15 is 0 Å². The van der Waals surface area contributed by atoms with Gasteiger partial charge in [-0.25, -0.2) is 0 Å². The minimum absolute atomic E-state index is 0.0907. The molecule has 3 unspecified atom stereocenters. The molecule has 2 amide bonds. The highest BCUT2D eigenvalue weighted by Crippen LogP contribution is 2.33. The number of hydrogen-bond acceptors (Lipinski definition) is 5. The maximum Gasteiger partial charge on any atom is 0.247 e. The summed E-state index contributed by atoms with van der Waals surface area (Å²) in [5, 5.41) is 24.4. The summed E-state index contributed by atoms with van der Waals surface area (Å²) in [6, 6.07) is 11.9. The van der Waals surface area contributed by atoms with Crippen molar-refractivity contribution in [3.05, 3.63) is 73.3 Å². The number of aliphatic hydroxyl groups is 2. The number of benzene rings is 2. The molecule has 216 valence electrons. The lowest BCUT2D eigenvalue weighted by molar-refractivity contribution is -0.139. The van der Waals surface area contributed by atoms with Crippen LogP contribution in [0.5, 0.6) is 5.75 Å². The van der Waals surface area contributed by atoms with Crippen LogP contribution in [-0.4, -0.2) is 58.3 Å². The number of nitrogens with zero attached hydrogens (tertiary/aromatic N) is 1. The summed E-state index contributed by atoms with van der Waals surface area (Å²) in [5.41, 5.74) is 1.16. The lowest BCUT2D eigenvalue weighted by atomic mass is 9.87. The van der Waals surface area contributed by atoms with Gasteiger partial charge in [0.05, 0.1) is 26.3 Å². The minimum Gasteiger partial charge on any atom is -0.482 e. The van der Waals surface area contributed by atoms with Gasteiger partial charge < -0.3 is 25.2 Å². The van der Waals surface area contributed by atoms with Crippen LogP contribution in [0.3, 0.4) is 0 Å². The molecule has 3 N–H and O–H groups in total. The molecular weight excluding hydrogens is 666 g/mol. The summed E-state index contributed by atoms with van der Waals surface area (Å²) < 4.78 is 7.09. The molecule has 0 aromatic heterocycles. The van der Waals surface area contributed by atoms with E-state index in [0.29, 0.717) is 33.7 Å². The number of amides is 2. The van der Waals surface area contributed by atoms with Gasteiger partial charge in [0.1, 0.15) is 18.0 Å². The third-order valence-corrected chi connectivity index (χ3v) is 9.24. The van der Waals surface area contributed by atoms with E-state index in [1.165, 1.54) is 12.8 Å². The normalized spacial score (nSPS) is 21.1. The van der Waals surface area contributed by atoms with E-state index in [4.69, 9.17) is 27.9 Å². The molecule has 2 aliphatic carbocycles. The zero-order valence-corrected chi connectivity index (χ0v) is 25.9. The van der Waals surface area contributed by atoms with Crippen LogP contribution in [0.15, 0.2) is 54.1 Å². The first-order valence-corrected chi connectivity index (χ1v) is 15.5. The summed E-state index contributed by atoms with van der Waals surface area (Å²) in [5.74, 6) is 0.646. The van der Waals surface area contributed by atoms with E-state index < -0.39 is 18.2 Å². The average molecular weight is 701 g/mol. The van der Waals surface area contributed by atoms with Gasteiger partial charge in [-0.05, 0) is 70.8 Å². The Labute approximate surface area is 259 Å². The molecule has 0 spiro atoms. The number of nitrogens with one attached hydrogen (secondary N) is 1. The molecule has 7 nitrogen and oxygen atoms in total. The van der Waals surface area contributed by atoms with Gasteiger partial charge in [-0.1, -0.05) is 67.1 Å². The molecule has 2 aromatic rings. The van der Waals surface area contributed by atoms with Gasteiger partial charge in [0, 0.05) is 31.5 Å². The van der Waals surface area contributed by atoms with Crippen LogP contribution in [0.2, 0.25) is 10.0 Å². The van der Waals surface area contributed by atoms with E-state index in [-0.39, 0.29) is 37.9 Å². The van der Waals surface area contributed by atoms with Gasteiger partial charge in [-0.2, -0.15) is 0 Å². The number of hydrogen-bond donors (Lipinski definition) is 3. The van der Waals surface area contributed by atoms with Crippen LogP contribution in [-0.2, 0) is 16.1 Å². The molecule has 3 atom stereocenters. The van der Waals surface area contributed by atoms with Crippen molar-refractivity contribution in [1.82, 2.24) is 10.2 Å². The number of ether oxygens (including phenoxy) is 1. The Bertz CT molecular complexity index is 1220. The first-order valence-electron chi connectivity index (χ1n) is 13.7. The number of halogens is 3. The van der Waals surface area contributed by atoms with Crippen molar-refractivity contribution < 1.29 is 24.5 Å². The molecule has 0 heterocycles. The lowest BCUT2D eigenvalue weighted by Crippen LogP contribution is -2.54. The lowest BCUT2D eigenvalue weighted by Gasteiger charge is -2.41. The molecular formula is C30H35Cl2IN2O5. The fourth-order valence-corrected chi connectivity index (χ4v) is 6.30. The van der Waals surface area contributed by atoms with Crippen molar-refractivity contribution in [3.8, 4) is 5.75 Å². The first kappa shape index (κ1) is 31.1. The van der Waals surface area contributed by atoms with Crippen LogP contribution in [0.1, 0.15) is 50.5 Å². The van der Waals surface area contributed by atoms with Crippen LogP contribution >= 0.6 is 45.8 Å². The summed E-state index contributed by atoms with van der Waals surface area (Å²) in [6.07, 6.45) is 5.60. The van der Waals surface area contributed by atoms with Crippen LogP contribution < -0.4 is 10.1 Å². The Morgan fingerprint density at radius 2 is 1.85 bits per heavy atom. The first-order chi connectivity index (χ1) is 19.3. The topological polar surface area (TPSA) is 99.1 Å². The summed E-state index contributed by atoms with van der Waals surface area (Å²) >= 11 is 14.6. The van der Waals surface area contributed by atoms with Gasteiger partial charge in [-0.15, -0.1) is 0 Å². The second kappa shape index (κ2) is 14.9. The predicted molar refractivity (Wildman–Crippen MR) is 164 cm³/mol. The third kappa shape index (κ3) is 8.12.